The predicted molar refractivity (Wildman–Crippen MR) is 80.3 cm³/mol. The molecule has 0 saturated carbocycles. The largest absolute Gasteiger partial charge is 0.339 e. The number of carbonyl (C=O) groups excluding carboxylic acids is 1. The standard InChI is InChI=1S/C12H14BrClN2O3S/c13-8-6-9(11(14)10(7-8)20(15,18)19)12(17)16-4-2-1-3-5-16/h6-7H,1-5H2,(H2,15,18,19). The van der Waals surface area contributed by atoms with E-state index in [-0.39, 0.29) is 21.4 Å². The van der Waals surface area contributed by atoms with Crippen LogP contribution in [0.3, 0.4) is 0 Å². The van der Waals surface area contributed by atoms with Crippen LogP contribution in [-0.2, 0) is 10.0 Å². The molecule has 8 heteroatoms. The SMILES string of the molecule is NS(=O)(=O)c1cc(Br)cc(C(=O)N2CCCCC2)c1Cl. The van der Waals surface area contributed by atoms with Crippen LogP contribution in [0.1, 0.15) is 29.6 Å². The van der Waals surface area contributed by atoms with Gasteiger partial charge in [-0.3, -0.25) is 4.79 Å². The van der Waals surface area contributed by atoms with Crippen LogP contribution in [0.4, 0.5) is 0 Å². The van der Waals surface area contributed by atoms with Crippen molar-refractivity contribution in [3.05, 3.63) is 27.2 Å². The molecule has 1 amide bonds. The molecule has 0 radical (unpaired) electrons. The number of piperidine rings is 1. The number of sulfonamides is 1. The number of primary sulfonamides is 1. The van der Waals surface area contributed by atoms with Gasteiger partial charge in [0.25, 0.3) is 5.91 Å². The van der Waals surface area contributed by atoms with Gasteiger partial charge in [-0.2, -0.15) is 0 Å². The molecule has 1 heterocycles. The lowest BCUT2D eigenvalue weighted by Gasteiger charge is -2.27. The summed E-state index contributed by atoms with van der Waals surface area (Å²) in [5.74, 6) is -0.263. The van der Waals surface area contributed by atoms with E-state index in [0.29, 0.717) is 17.6 Å². The van der Waals surface area contributed by atoms with Gasteiger partial charge in [0.05, 0.1) is 10.6 Å². The zero-order valence-corrected chi connectivity index (χ0v) is 13.8. The van der Waals surface area contributed by atoms with Crippen molar-refractivity contribution >= 4 is 43.5 Å². The summed E-state index contributed by atoms with van der Waals surface area (Å²) in [6.45, 7) is 1.32. The smallest absolute Gasteiger partial charge is 0.255 e. The van der Waals surface area contributed by atoms with Crippen LogP contribution in [0, 0.1) is 0 Å². The van der Waals surface area contributed by atoms with E-state index in [0.717, 1.165) is 19.3 Å². The summed E-state index contributed by atoms with van der Waals surface area (Å²) in [6, 6.07) is 2.82. The van der Waals surface area contributed by atoms with Crippen molar-refractivity contribution in [2.24, 2.45) is 5.14 Å². The van der Waals surface area contributed by atoms with Gasteiger partial charge in [0.2, 0.25) is 10.0 Å². The predicted octanol–water partition coefficient (Wildman–Crippen LogP) is 2.38. The average molecular weight is 382 g/mol. The quantitative estimate of drug-likeness (QED) is 0.854. The maximum Gasteiger partial charge on any atom is 0.255 e. The number of nitrogens with two attached hydrogens (primary N) is 1. The lowest BCUT2D eigenvalue weighted by Crippen LogP contribution is -2.36. The highest BCUT2D eigenvalue weighted by Crippen LogP contribution is 2.30. The molecular formula is C12H14BrClN2O3S. The maximum atomic E-state index is 12.4. The first-order chi connectivity index (χ1) is 9.30. The molecule has 110 valence electrons. The number of likely N-dealkylation sites (tertiary alicyclic amines) is 1. The first-order valence-corrected chi connectivity index (χ1v) is 8.83. The molecule has 0 atom stereocenters. The Bertz CT molecular complexity index is 642. The number of carbonyl (C=O) groups is 1. The second kappa shape index (κ2) is 6.01. The van der Waals surface area contributed by atoms with Crippen molar-refractivity contribution in [1.82, 2.24) is 4.90 Å². The number of hydrogen-bond donors (Lipinski definition) is 1. The van der Waals surface area contributed by atoms with E-state index in [9.17, 15) is 13.2 Å². The lowest BCUT2D eigenvalue weighted by molar-refractivity contribution is 0.0724. The minimum atomic E-state index is -3.98. The fraction of sp³-hybridized carbons (Fsp3) is 0.417. The molecule has 0 spiro atoms. The summed E-state index contributed by atoms with van der Waals surface area (Å²) in [7, 11) is -3.98. The van der Waals surface area contributed by atoms with E-state index in [1.165, 1.54) is 12.1 Å². The molecule has 1 aliphatic heterocycles. The minimum absolute atomic E-state index is 0.119. The summed E-state index contributed by atoms with van der Waals surface area (Å²) < 4.78 is 23.5. The number of amides is 1. The van der Waals surface area contributed by atoms with Gasteiger partial charge in [-0.15, -0.1) is 0 Å². The van der Waals surface area contributed by atoms with Gasteiger partial charge < -0.3 is 4.90 Å². The van der Waals surface area contributed by atoms with Crippen LogP contribution in [0.5, 0.6) is 0 Å². The van der Waals surface area contributed by atoms with Gasteiger partial charge in [0.15, 0.2) is 0 Å². The molecule has 20 heavy (non-hydrogen) atoms. The molecule has 1 aromatic rings. The van der Waals surface area contributed by atoms with Gasteiger partial charge in [-0.1, -0.05) is 27.5 Å². The second-order valence-electron chi connectivity index (χ2n) is 4.66. The fourth-order valence-corrected chi connectivity index (χ4v) is 3.97. The highest BCUT2D eigenvalue weighted by atomic mass is 79.9. The summed E-state index contributed by atoms with van der Waals surface area (Å²) in [5, 5.41) is 5.00. The Balaban J connectivity index is 2.46. The third kappa shape index (κ3) is 3.33. The van der Waals surface area contributed by atoms with Crippen LogP contribution >= 0.6 is 27.5 Å². The Morgan fingerprint density at radius 3 is 2.40 bits per heavy atom. The van der Waals surface area contributed by atoms with Gasteiger partial charge in [-0.05, 0) is 31.4 Å². The number of nitrogens with zero attached hydrogens (tertiary/aromatic N) is 1. The summed E-state index contributed by atoms with van der Waals surface area (Å²) in [5.41, 5.74) is 0.159. The molecule has 5 nitrogen and oxygen atoms in total. The van der Waals surface area contributed by atoms with Crippen molar-refractivity contribution in [2.45, 2.75) is 24.2 Å². The van der Waals surface area contributed by atoms with E-state index < -0.39 is 10.0 Å². The van der Waals surface area contributed by atoms with Crippen LogP contribution in [0.25, 0.3) is 0 Å². The zero-order chi connectivity index (χ0) is 14.9. The molecule has 0 aromatic heterocycles. The molecule has 1 aromatic carbocycles. The van der Waals surface area contributed by atoms with E-state index in [2.05, 4.69) is 15.9 Å². The van der Waals surface area contributed by atoms with Gasteiger partial charge in [-0.25, -0.2) is 13.6 Å². The van der Waals surface area contributed by atoms with E-state index in [1.807, 2.05) is 0 Å². The molecule has 0 unspecified atom stereocenters. The van der Waals surface area contributed by atoms with Crippen molar-refractivity contribution in [3.8, 4) is 0 Å². The minimum Gasteiger partial charge on any atom is -0.339 e. The summed E-state index contributed by atoms with van der Waals surface area (Å²) >= 11 is 9.23. The molecule has 0 aliphatic carbocycles. The lowest BCUT2D eigenvalue weighted by atomic mass is 10.1. The van der Waals surface area contributed by atoms with E-state index in [1.54, 1.807) is 4.90 Å². The number of rotatable bonds is 2. The number of benzene rings is 1. The van der Waals surface area contributed by atoms with Crippen molar-refractivity contribution in [1.29, 1.82) is 0 Å². The highest BCUT2D eigenvalue weighted by molar-refractivity contribution is 9.10. The normalized spacial score (nSPS) is 16.2. The molecule has 1 saturated heterocycles. The molecular weight excluding hydrogens is 368 g/mol. The second-order valence-corrected chi connectivity index (χ2v) is 7.49. The maximum absolute atomic E-state index is 12.4. The molecule has 2 N–H and O–H groups in total. The number of hydrogen-bond acceptors (Lipinski definition) is 3. The third-order valence-corrected chi connectivity index (χ3v) is 5.10. The van der Waals surface area contributed by atoms with Gasteiger partial charge >= 0.3 is 0 Å². The zero-order valence-electron chi connectivity index (χ0n) is 10.6. The topological polar surface area (TPSA) is 80.5 Å². The Hall–Kier alpha value is -0.630. The van der Waals surface area contributed by atoms with Crippen LogP contribution in [0.15, 0.2) is 21.5 Å². The van der Waals surface area contributed by atoms with E-state index in [4.69, 9.17) is 16.7 Å². The van der Waals surface area contributed by atoms with Crippen LogP contribution < -0.4 is 5.14 Å². The molecule has 0 bridgehead atoms. The molecule has 1 fully saturated rings. The first kappa shape index (κ1) is 15.8. The van der Waals surface area contributed by atoms with Crippen molar-refractivity contribution < 1.29 is 13.2 Å². The first-order valence-electron chi connectivity index (χ1n) is 6.12. The van der Waals surface area contributed by atoms with Gasteiger partial charge in [0.1, 0.15) is 4.90 Å². The van der Waals surface area contributed by atoms with E-state index >= 15 is 0 Å². The Kier molecular flexibility index (Phi) is 4.73. The van der Waals surface area contributed by atoms with Crippen molar-refractivity contribution in [3.63, 3.8) is 0 Å². The van der Waals surface area contributed by atoms with Crippen LogP contribution in [-0.4, -0.2) is 32.3 Å². The van der Waals surface area contributed by atoms with Crippen LogP contribution in [0.2, 0.25) is 5.02 Å². The average Bonchev–Trinajstić information content (AvgIpc) is 2.40. The van der Waals surface area contributed by atoms with Crippen molar-refractivity contribution in [2.75, 3.05) is 13.1 Å². The Labute approximate surface area is 131 Å². The molecule has 2 rings (SSSR count). The Morgan fingerprint density at radius 1 is 1.25 bits per heavy atom. The fourth-order valence-electron chi connectivity index (χ4n) is 2.19. The summed E-state index contributed by atoms with van der Waals surface area (Å²) in [4.78, 5) is 13.9. The number of halogens is 2. The monoisotopic (exact) mass is 380 g/mol. The summed E-state index contributed by atoms with van der Waals surface area (Å²) in [6.07, 6.45) is 2.98. The molecule has 1 aliphatic rings. The highest BCUT2D eigenvalue weighted by Gasteiger charge is 2.25. The Morgan fingerprint density at radius 2 is 1.85 bits per heavy atom. The van der Waals surface area contributed by atoms with Gasteiger partial charge in [0, 0.05) is 17.6 Å². The third-order valence-electron chi connectivity index (χ3n) is 3.18.